The molecular formula is C20H19ClN4O4. The molecule has 0 fully saturated rings. The zero-order chi connectivity index (χ0) is 21.3. The number of carbonyl (C=O) groups excluding carboxylic acids is 1. The number of hydrogen-bond donors (Lipinski definition) is 0. The molecule has 8 nitrogen and oxygen atoms in total. The van der Waals surface area contributed by atoms with E-state index >= 15 is 0 Å². The number of nitro benzene ring substituents is 1. The number of amides is 1. The van der Waals surface area contributed by atoms with Gasteiger partial charge in [0.1, 0.15) is 10.8 Å². The molecule has 0 saturated heterocycles. The van der Waals surface area contributed by atoms with Crippen molar-refractivity contribution in [3.05, 3.63) is 79.3 Å². The molecule has 0 unspecified atom stereocenters. The minimum atomic E-state index is -0.637. The van der Waals surface area contributed by atoms with Crippen LogP contribution in [0.25, 0.3) is 10.9 Å². The van der Waals surface area contributed by atoms with Gasteiger partial charge >= 0.3 is 0 Å². The first kappa shape index (κ1) is 20.5. The molecule has 1 atom stereocenters. The van der Waals surface area contributed by atoms with Gasteiger partial charge in [0.25, 0.3) is 17.2 Å². The van der Waals surface area contributed by atoms with Crippen LogP contribution in [0.2, 0.25) is 5.02 Å². The number of halogens is 1. The van der Waals surface area contributed by atoms with Gasteiger partial charge in [-0.05, 0) is 38.1 Å². The highest BCUT2D eigenvalue weighted by Gasteiger charge is 2.25. The van der Waals surface area contributed by atoms with E-state index in [-0.39, 0.29) is 21.8 Å². The maximum Gasteiger partial charge on any atom is 0.288 e. The lowest BCUT2D eigenvalue weighted by atomic mass is 10.1. The van der Waals surface area contributed by atoms with E-state index in [0.717, 1.165) is 6.07 Å². The van der Waals surface area contributed by atoms with Crippen LogP contribution < -0.4 is 5.56 Å². The summed E-state index contributed by atoms with van der Waals surface area (Å²) in [6.45, 7) is 3.98. The molecule has 2 aromatic carbocycles. The molecule has 1 aromatic heterocycles. The Labute approximate surface area is 171 Å². The molecule has 9 heteroatoms. The summed E-state index contributed by atoms with van der Waals surface area (Å²) in [6.07, 6.45) is 0. The number of aromatic nitrogens is 2. The molecular weight excluding hydrogens is 396 g/mol. The number of hydrogen-bond acceptors (Lipinski definition) is 5. The van der Waals surface area contributed by atoms with Crippen molar-refractivity contribution in [2.75, 3.05) is 7.05 Å². The molecule has 150 valence electrons. The van der Waals surface area contributed by atoms with Gasteiger partial charge in [0.2, 0.25) is 0 Å². The van der Waals surface area contributed by atoms with E-state index in [1.165, 1.54) is 21.6 Å². The van der Waals surface area contributed by atoms with E-state index in [1.54, 1.807) is 38.2 Å². The van der Waals surface area contributed by atoms with Gasteiger partial charge in [-0.2, -0.15) is 0 Å². The Kier molecular flexibility index (Phi) is 5.65. The molecule has 0 radical (unpaired) electrons. The predicted octanol–water partition coefficient (Wildman–Crippen LogP) is 3.81. The Morgan fingerprint density at radius 3 is 2.66 bits per heavy atom. The Bertz CT molecular complexity index is 1170. The van der Waals surface area contributed by atoms with Crippen LogP contribution in [0.1, 0.15) is 36.1 Å². The van der Waals surface area contributed by atoms with Crippen molar-refractivity contribution >= 4 is 34.1 Å². The van der Waals surface area contributed by atoms with Crippen LogP contribution in [0.5, 0.6) is 0 Å². The van der Waals surface area contributed by atoms with E-state index in [1.807, 2.05) is 6.92 Å². The molecule has 0 aliphatic heterocycles. The van der Waals surface area contributed by atoms with Crippen molar-refractivity contribution in [1.82, 2.24) is 14.5 Å². The molecule has 3 rings (SSSR count). The molecule has 3 aromatic rings. The summed E-state index contributed by atoms with van der Waals surface area (Å²) in [6, 6.07) is 10.4. The third kappa shape index (κ3) is 3.71. The van der Waals surface area contributed by atoms with E-state index in [0.29, 0.717) is 23.3 Å². The van der Waals surface area contributed by atoms with Gasteiger partial charge in [-0.25, -0.2) is 4.98 Å². The summed E-state index contributed by atoms with van der Waals surface area (Å²) in [7, 11) is 1.56. The van der Waals surface area contributed by atoms with Crippen LogP contribution in [0.3, 0.4) is 0 Å². The number of carbonyl (C=O) groups is 1. The lowest BCUT2D eigenvalue weighted by Gasteiger charge is -2.26. The van der Waals surface area contributed by atoms with Crippen molar-refractivity contribution < 1.29 is 9.72 Å². The van der Waals surface area contributed by atoms with Gasteiger partial charge in [-0.1, -0.05) is 23.7 Å². The Hall–Kier alpha value is -3.26. The number of nitrogens with zero attached hydrogens (tertiary/aromatic N) is 4. The Morgan fingerprint density at radius 1 is 1.31 bits per heavy atom. The summed E-state index contributed by atoms with van der Waals surface area (Å²) in [5.41, 5.74) is 0.157. The van der Waals surface area contributed by atoms with Gasteiger partial charge in [0, 0.05) is 25.2 Å². The van der Waals surface area contributed by atoms with E-state index < -0.39 is 16.9 Å². The average molecular weight is 415 g/mol. The fraction of sp³-hybridized carbons (Fsp3) is 0.250. The molecule has 1 amide bonds. The zero-order valence-electron chi connectivity index (χ0n) is 16.1. The molecule has 29 heavy (non-hydrogen) atoms. The van der Waals surface area contributed by atoms with Gasteiger partial charge in [-0.15, -0.1) is 0 Å². The van der Waals surface area contributed by atoms with Gasteiger partial charge in [-0.3, -0.25) is 24.3 Å². The predicted molar refractivity (Wildman–Crippen MR) is 110 cm³/mol. The second-order valence-electron chi connectivity index (χ2n) is 6.55. The minimum Gasteiger partial charge on any atom is -0.332 e. The lowest BCUT2D eigenvalue weighted by Crippen LogP contribution is -2.35. The van der Waals surface area contributed by atoms with Crippen LogP contribution in [-0.4, -0.2) is 32.3 Å². The first-order valence-corrected chi connectivity index (χ1v) is 9.34. The highest BCUT2D eigenvalue weighted by molar-refractivity contribution is 6.32. The molecule has 0 aliphatic rings. The van der Waals surface area contributed by atoms with E-state index in [2.05, 4.69) is 4.98 Å². The van der Waals surface area contributed by atoms with E-state index in [4.69, 9.17) is 11.6 Å². The molecule has 0 spiro atoms. The average Bonchev–Trinajstić information content (AvgIpc) is 2.72. The quantitative estimate of drug-likeness (QED) is 0.467. The first-order chi connectivity index (χ1) is 13.8. The minimum absolute atomic E-state index is 0.0433. The number of rotatable bonds is 5. The monoisotopic (exact) mass is 414 g/mol. The van der Waals surface area contributed by atoms with Crippen molar-refractivity contribution in [2.24, 2.45) is 0 Å². The van der Waals surface area contributed by atoms with Crippen molar-refractivity contribution in [3.63, 3.8) is 0 Å². The molecule has 0 aliphatic carbocycles. The zero-order valence-corrected chi connectivity index (χ0v) is 16.9. The van der Waals surface area contributed by atoms with Crippen molar-refractivity contribution in [1.29, 1.82) is 0 Å². The standard InChI is InChI=1S/C20H19ClN4O4/c1-4-24-18(22-16-8-6-5-7-14(16)20(24)27)12(2)23(3)19(26)13-9-10-15(21)17(11-13)25(28)29/h5-12H,4H2,1-3H3/t12-/m1/s1. The van der Waals surface area contributed by atoms with Crippen molar-refractivity contribution in [3.8, 4) is 0 Å². The van der Waals surface area contributed by atoms with E-state index in [9.17, 15) is 19.7 Å². The topological polar surface area (TPSA) is 98.3 Å². The maximum atomic E-state index is 12.9. The summed E-state index contributed by atoms with van der Waals surface area (Å²) < 4.78 is 1.53. The fourth-order valence-corrected chi connectivity index (χ4v) is 3.33. The fourth-order valence-electron chi connectivity index (χ4n) is 3.15. The molecule has 0 saturated carbocycles. The van der Waals surface area contributed by atoms with Gasteiger partial charge < -0.3 is 4.90 Å². The summed E-state index contributed by atoms with van der Waals surface area (Å²) in [4.78, 5) is 42.3. The smallest absolute Gasteiger partial charge is 0.288 e. The Balaban J connectivity index is 2.03. The number of para-hydroxylation sites is 1. The van der Waals surface area contributed by atoms with Crippen LogP contribution in [-0.2, 0) is 6.54 Å². The summed E-state index contributed by atoms with van der Waals surface area (Å²) >= 11 is 5.83. The number of benzene rings is 2. The van der Waals surface area contributed by atoms with Crippen LogP contribution in [0.15, 0.2) is 47.3 Å². The third-order valence-corrected chi connectivity index (χ3v) is 5.19. The van der Waals surface area contributed by atoms with Crippen molar-refractivity contribution in [2.45, 2.75) is 26.4 Å². The molecule has 0 N–H and O–H groups in total. The van der Waals surface area contributed by atoms with Crippen LogP contribution >= 0.6 is 11.6 Å². The summed E-state index contributed by atoms with van der Waals surface area (Å²) in [5, 5.41) is 11.6. The Morgan fingerprint density at radius 2 is 2.00 bits per heavy atom. The highest BCUT2D eigenvalue weighted by Crippen LogP contribution is 2.27. The molecule has 0 bridgehead atoms. The second-order valence-corrected chi connectivity index (χ2v) is 6.96. The SMILES string of the molecule is CCn1c([C@@H](C)N(C)C(=O)c2ccc(Cl)c([N+](=O)[O-])c2)nc2ccccc2c1=O. The number of fused-ring (bicyclic) bond motifs is 1. The van der Waals surface area contributed by atoms with Gasteiger partial charge in [0.05, 0.1) is 21.9 Å². The highest BCUT2D eigenvalue weighted by atomic mass is 35.5. The van der Waals surface area contributed by atoms with Crippen LogP contribution in [0.4, 0.5) is 5.69 Å². The summed E-state index contributed by atoms with van der Waals surface area (Å²) in [5.74, 6) is -0.00200. The van der Waals surface area contributed by atoms with Crippen LogP contribution in [0, 0.1) is 10.1 Å². The molecule has 1 heterocycles. The van der Waals surface area contributed by atoms with Gasteiger partial charge in [0.15, 0.2) is 0 Å². The first-order valence-electron chi connectivity index (χ1n) is 8.96. The largest absolute Gasteiger partial charge is 0.332 e. The normalized spacial score (nSPS) is 12.0. The third-order valence-electron chi connectivity index (χ3n) is 4.87. The lowest BCUT2D eigenvalue weighted by molar-refractivity contribution is -0.384. The number of nitro groups is 1. The maximum absolute atomic E-state index is 12.9. The second kappa shape index (κ2) is 8.00.